The Kier molecular flexibility index (Phi) is 4.18. The van der Waals surface area contributed by atoms with Crippen LogP contribution in [-0.2, 0) is 29.1 Å². The quantitative estimate of drug-likeness (QED) is 0.921. The van der Waals surface area contributed by atoms with E-state index in [9.17, 15) is 9.59 Å². The van der Waals surface area contributed by atoms with Gasteiger partial charge in [-0.05, 0) is 19.1 Å². The van der Waals surface area contributed by atoms with Gasteiger partial charge < -0.3 is 19.2 Å². The summed E-state index contributed by atoms with van der Waals surface area (Å²) in [6, 6.07) is 3.53. The highest BCUT2D eigenvalue weighted by molar-refractivity contribution is 5.78. The van der Waals surface area contributed by atoms with Gasteiger partial charge in [0.15, 0.2) is 0 Å². The first kappa shape index (κ1) is 15.3. The van der Waals surface area contributed by atoms with Gasteiger partial charge in [-0.25, -0.2) is 4.98 Å². The lowest BCUT2D eigenvalue weighted by atomic mass is 10.2. The Labute approximate surface area is 134 Å². The highest BCUT2D eigenvalue weighted by Gasteiger charge is 2.27. The minimum Gasteiger partial charge on any atom is -0.467 e. The number of amides is 2. The second kappa shape index (κ2) is 6.28. The molecule has 0 saturated carbocycles. The Morgan fingerprint density at radius 1 is 1.43 bits per heavy atom. The van der Waals surface area contributed by atoms with Crippen molar-refractivity contribution in [1.82, 2.24) is 19.8 Å². The van der Waals surface area contributed by atoms with Gasteiger partial charge in [-0.2, -0.15) is 0 Å². The first-order valence-corrected chi connectivity index (χ1v) is 7.67. The zero-order valence-electron chi connectivity index (χ0n) is 13.3. The summed E-state index contributed by atoms with van der Waals surface area (Å²) in [7, 11) is 0. The average molecular weight is 316 g/mol. The van der Waals surface area contributed by atoms with Crippen LogP contribution in [0, 0.1) is 0 Å². The van der Waals surface area contributed by atoms with Crippen LogP contribution in [0.15, 0.2) is 29.0 Å². The SMILES string of the molecule is CC(=O)N1CCn2cc(CC(=O)NCc3ccco3)nc2[C@@H]1C. The fourth-order valence-electron chi connectivity index (χ4n) is 2.89. The molecule has 122 valence electrons. The van der Waals surface area contributed by atoms with Crippen molar-refractivity contribution in [2.45, 2.75) is 39.4 Å². The smallest absolute Gasteiger partial charge is 0.226 e. The molecule has 23 heavy (non-hydrogen) atoms. The highest BCUT2D eigenvalue weighted by Crippen LogP contribution is 2.24. The molecule has 1 N–H and O–H groups in total. The third-order valence-electron chi connectivity index (χ3n) is 4.07. The van der Waals surface area contributed by atoms with E-state index in [2.05, 4.69) is 10.3 Å². The fraction of sp³-hybridized carbons (Fsp3) is 0.438. The van der Waals surface area contributed by atoms with E-state index in [0.29, 0.717) is 31.1 Å². The van der Waals surface area contributed by atoms with Crippen LogP contribution >= 0.6 is 0 Å². The molecule has 2 aromatic rings. The Bertz CT molecular complexity index is 705. The van der Waals surface area contributed by atoms with Crippen molar-refractivity contribution in [2.24, 2.45) is 0 Å². The number of nitrogens with one attached hydrogen (secondary N) is 1. The van der Waals surface area contributed by atoms with Gasteiger partial charge in [0.25, 0.3) is 0 Å². The van der Waals surface area contributed by atoms with Gasteiger partial charge in [0.2, 0.25) is 11.8 Å². The number of furan rings is 1. The summed E-state index contributed by atoms with van der Waals surface area (Å²) in [6.45, 7) is 5.27. The second-order valence-corrected chi connectivity index (χ2v) is 5.71. The van der Waals surface area contributed by atoms with Crippen molar-refractivity contribution in [3.8, 4) is 0 Å². The molecule has 2 amide bonds. The van der Waals surface area contributed by atoms with Crippen molar-refractivity contribution in [2.75, 3.05) is 6.54 Å². The zero-order chi connectivity index (χ0) is 16.4. The Hall–Kier alpha value is -2.57. The number of nitrogens with zero attached hydrogens (tertiary/aromatic N) is 3. The summed E-state index contributed by atoms with van der Waals surface area (Å²) >= 11 is 0. The van der Waals surface area contributed by atoms with Gasteiger partial charge in [-0.15, -0.1) is 0 Å². The van der Waals surface area contributed by atoms with E-state index in [0.717, 1.165) is 5.82 Å². The first-order chi connectivity index (χ1) is 11.0. The number of aromatic nitrogens is 2. The molecule has 0 radical (unpaired) electrons. The number of rotatable bonds is 4. The maximum Gasteiger partial charge on any atom is 0.226 e. The van der Waals surface area contributed by atoms with Crippen molar-refractivity contribution >= 4 is 11.8 Å². The van der Waals surface area contributed by atoms with E-state index in [4.69, 9.17) is 4.42 Å². The van der Waals surface area contributed by atoms with Crippen molar-refractivity contribution in [1.29, 1.82) is 0 Å². The number of fused-ring (bicyclic) bond motifs is 1. The lowest BCUT2D eigenvalue weighted by Gasteiger charge is -2.32. The average Bonchev–Trinajstić information content (AvgIpc) is 3.14. The Morgan fingerprint density at radius 3 is 2.96 bits per heavy atom. The maximum absolute atomic E-state index is 12.0. The lowest BCUT2D eigenvalue weighted by molar-refractivity contribution is -0.132. The molecule has 0 fully saturated rings. The lowest BCUT2D eigenvalue weighted by Crippen LogP contribution is -2.39. The Balaban J connectivity index is 1.63. The summed E-state index contributed by atoms with van der Waals surface area (Å²) in [4.78, 5) is 30.0. The van der Waals surface area contributed by atoms with E-state index in [1.165, 1.54) is 0 Å². The standard InChI is InChI=1S/C16H20N4O3/c1-11-16-18-13(10-19(16)5-6-20(11)12(2)21)8-15(22)17-9-14-4-3-7-23-14/h3-4,7,10-11H,5-6,8-9H2,1-2H3,(H,17,22)/t11-/m0/s1. The van der Waals surface area contributed by atoms with Crippen LogP contribution in [0.3, 0.4) is 0 Å². The summed E-state index contributed by atoms with van der Waals surface area (Å²) in [5.41, 5.74) is 0.717. The van der Waals surface area contributed by atoms with Gasteiger partial charge in [0, 0.05) is 26.2 Å². The van der Waals surface area contributed by atoms with Crippen LogP contribution in [-0.4, -0.2) is 32.8 Å². The molecule has 7 nitrogen and oxygen atoms in total. The van der Waals surface area contributed by atoms with E-state index in [1.807, 2.05) is 23.8 Å². The fourth-order valence-corrected chi connectivity index (χ4v) is 2.89. The minimum absolute atomic E-state index is 0.0458. The molecule has 0 aliphatic carbocycles. The number of hydrogen-bond acceptors (Lipinski definition) is 4. The van der Waals surface area contributed by atoms with Crippen LogP contribution in [0.5, 0.6) is 0 Å². The summed E-state index contributed by atoms with van der Waals surface area (Å²) in [5.74, 6) is 1.49. The van der Waals surface area contributed by atoms with Gasteiger partial charge in [0.05, 0.1) is 31.0 Å². The van der Waals surface area contributed by atoms with Gasteiger partial charge in [0.1, 0.15) is 11.6 Å². The summed E-state index contributed by atoms with van der Waals surface area (Å²) in [5, 5.41) is 2.81. The van der Waals surface area contributed by atoms with Crippen molar-refractivity contribution in [3.63, 3.8) is 0 Å². The molecule has 0 bridgehead atoms. The molecular weight excluding hydrogens is 296 g/mol. The molecule has 1 atom stereocenters. The van der Waals surface area contributed by atoms with E-state index in [1.54, 1.807) is 24.2 Å². The van der Waals surface area contributed by atoms with Crippen molar-refractivity contribution in [3.05, 3.63) is 41.9 Å². The molecule has 7 heteroatoms. The van der Waals surface area contributed by atoms with E-state index < -0.39 is 0 Å². The molecular formula is C16H20N4O3. The zero-order valence-corrected chi connectivity index (χ0v) is 13.3. The third-order valence-corrected chi connectivity index (χ3v) is 4.07. The van der Waals surface area contributed by atoms with Crippen LogP contribution in [0.4, 0.5) is 0 Å². The molecule has 0 unspecified atom stereocenters. The van der Waals surface area contributed by atoms with Crippen molar-refractivity contribution < 1.29 is 14.0 Å². The van der Waals surface area contributed by atoms with Gasteiger partial charge >= 0.3 is 0 Å². The summed E-state index contributed by atoms with van der Waals surface area (Å²) in [6.07, 6.45) is 3.69. The monoisotopic (exact) mass is 316 g/mol. The van der Waals surface area contributed by atoms with Crippen LogP contribution in [0.2, 0.25) is 0 Å². The number of hydrogen-bond donors (Lipinski definition) is 1. The van der Waals surface area contributed by atoms with Crippen LogP contribution in [0.1, 0.15) is 37.2 Å². The number of carbonyl (C=O) groups is 2. The molecule has 0 saturated heterocycles. The molecule has 2 aromatic heterocycles. The molecule has 0 aromatic carbocycles. The maximum atomic E-state index is 12.0. The number of carbonyl (C=O) groups excluding carboxylic acids is 2. The van der Waals surface area contributed by atoms with E-state index >= 15 is 0 Å². The normalized spacial score (nSPS) is 17.0. The summed E-state index contributed by atoms with van der Waals surface area (Å²) < 4.78 is 7.20. The topological polar surface area (TPSA) is 80.4 Å². The third kappa shape index (κ3) is 3.28. The van der Waals surface area contributed by atoms with E-state index in [-0.39, 0.29) is 24.3 Å². The predicted octanol–water partition coefficient (Wildman–Crippen LogP) is 1.26. The molecule has 3 heterocycles. The number of imidazole rings is 1. The highest BCUT2D eigenvalue weighted by atomic mass is 16.3. The predicted molar refractivity (Wildman–Crippen MR) is 82.3 cm³/mol. The molecule has 3 rings (SSSR count). The van der Waals surface area contributed by atoms with Crippen LogP contribution in [0.25, 0.3) is 0 Å². The molecule has 1 aliphatic rings. The largest absolute Gasteiger partial charge is 0.467 e. The molecule has 1 aliphatic heterocycles. The van der Waals surface area contributed by atoms with Gasteiger partial charge in [-0.3, -0.25) is 9.59 Å². The van der Waals surface area contributed by atoms with Crippen LogP contribution < -0.4 is 5.32 Å². The van der Waals surface area contributed by atoms with Gasteiger partial charge in [-0.1, -0.05) is 0 Å². The molecule has 0 spiro atoms. The second-order valence-electron chi connectivity index (χ2n) is 5.71. The first-order valence-electron chi connectivity index (χ1n) is 7.67. The Morgan fingerprint density at radius 2 is 2.26 bits per heavy atom. The minimum atomic E-state index is -0.104.